The third-order valence-corrected chi connectivity index (χ3v) is 2.78. The van der Waals surface area contributed by atoms with Crippen LogP contribution in [0, 0.1) is 6.92 Å². The highest BCUT2D eigenvalue weighted by Gasteiger charge is 2.17. The van der Waals surface area contributed by atoms with Crippen LogP contribution in [0.5, 0.6) is 0 Å². The van der Waals surface area contributed by atoms with Crippen molar-refractivity contribution < 1.29 is 13.9 Å². The summed E-state index contributed by atoms with van der Waals surface area (Å²) in [7, 11) is 1.35. The van der Waals surface area contributed by atoms with E-state index in [0.717, 1.165) is 23.0 Å². The minimum atomic E-state index is -0.424. The highest BCUT2D eigenvalue weighted by atomic mass is 16.5. The molecule has 0 atom stereocenters. The number of rotatable bonds is 2. The number of fused-ring (bicyclic) bond motifs is 1. The second-order valence-electron chi connectivity index (χ2n) is 3.73. The molecule has 0 unspecified atom stereocenters. The fourth-order valence-electron chi connectivity index (χ4n) is 1.78. The molecule has 3 nitrogen and oxygen atoms in total. The summed E-state index contributed by atoms with van der Waals surface area (Å²) in [6, 6.07) is 5.96. The van der Waals surface area contributed by atoms with Crippen LogP contribution in [0.3, 0.4) is 0 Å². The molecule has 16 heavy (non-hydrogen) atoms. The predicted octanol–water partition coefficient (Wildman–Crippen LogP) is 3.09. The molecule has 3 heteroatoms. The van der Waals surface area contributed by atoms with Crippen LogP contribution in [-0.2, 0) is 11.2 Å². The van der Waals surface area contributed by atoms with Crippen LogP contribution in [0.4, 0.5) is 0 Å². The number of carbonyl (C=O) groups excluding carboxylic acids is 1. The number of hydrogen-bond donors (Lipinski definition) is 0. The minimum Gasteiger partial charge on any atom is -0.463 e. The molecule has 0 saturated heterocycles. The zero-order chi connectivity index (χ0) is 11.7. The van der Waals surface area contributed by atoms with Crippen LogP contribution < -0.4 is 0 Å². The van der Waals surface area contributed by atoms with Gasteiger partial charge < -0.3 is 9.15 Å². The Hall–Kier alpha value is -1.77. The van der Waals surface area contributed by atoms with Crippen LogP contribution in [-0.4, -0.2) is 13.1 Å². The largest absolute Gasteiger partial charge is 0.463 e. The van der Waals surface area contributed by atoms with Crippen LogP contribution >= 0.6 is 0 Å². The number of esters is 1. The summed E-state index contributed by atoms with van der Waals surface area (Å²) in [6.45, 7) is 3.97. The van der Waals surface area contributed by atoms with Gasteiger partial charge in [-0.25, -0.2) is 4.79 Å². The summed E-state index contributed by atoms with van der Waals surface area (Å²) >= 11 is 0. The van der Waals surface area contributed by atoms with Gasteiger partial charge in [0.25, 0.3) is 0 Å². The van der Waals surface area contributed by atoms with Crippen molar-refractivity contribution in [2.45, 2.75) is 20.3 Å². The molecule has 1 aromatic heterocycles. The van der Waals surface area contributed by atoms with E-state index in [4.69, 9.17) is 4.42 Å². The van der Waals surface area contributed by atoms with E-state index in [2.05, 4.69) is 17.7 Å². The molecule has 0 radical (unpaired) electrons. The Labute approximate surface area is 94.0 Å². The van der Waals surface area contributed by atoms with Gasteiger partial charge in [0.05, 0.1) is 7.11 Å². The lowest BCUT2D eigenvalue weighted by molar-refractivity contribution is 0.0566. The van der Waals surface area contributed by atoms with E-state index >= 15 is 0 Å². The Morgan fingerprint density at radius 2 is 2.19 bits per heavy atom. The van der Waals surface area contributed by atoms with Gasteiger partial charge in [0, 0.05) is 10.9 Å². The topological polar surface area (TPSA) is 39.4 Å². The number of carbonyl (C=O) groups is 1. The zero-order valence-electron chi connectivity index (χ0n) is 9.66. The van der Waals surface area contributed by atoms with E-state index in [-0.39, 0.29) is 0 Å². The van der Waals surface area contributed by atoms with E-state index in [9.17, 15) is 4.79 Å². The Morgan fingerprint density at radius 3 is 2.81 bits per heavy atom. The van der Waals surface area contributed by atoms with Crippen molar-refractivity contribution in [3.63, 3.8) is 0 Å². The van der Waals surface area contributed by atoms with Crippen molar-refractivity contribution in [2.75, 3.05) is 7.11 Å². The monoisotopic (exact) mass is 218 g/mol. The summed E-state index contributed by atoms with van der Waals surface area (Å²) < 4.78 is 10.1. The molecule has 2 rings (SSSR count). The second kappa shape index (κ2) is 4.00. The van der Waals surface area contributed by atoms with E-state index in [1.165, 1.54) is 12.7 Å². The predicted molar refractivity (Wildman–Crippen MR) is 61.7 cm³/mol. The van der Waals surface area contributed by atoms with Gasteiger partial charge in [-0.2, -0.15) is 0 Å². The van der Waals surface area contributed by atoms with Crippen LogP contribution in [0.15, 0.2) is 22.6 Å². The fourth-order valence-corrected chi connectivity index (χ4v) is 1.78. The molecule has 0 spiro atoms. The Balaban J connectivity index is 2.64. The third kappa shape index (κ3) is 1.58. The molecule has 84 valence electrons. The first-order valence-electron chi connectivity index (χ1n) is 5.27. The summed E-state index contributed by atoms with van der Waals surface area (Å²) in [4.78, 5) is 11.4. The van der Waals surface area contributed by atoms with Gasteiger partial charge in [-0.1, -0.05) is 13.0 Å². The van der Waals surface area contributed by atoms with Crippen LogP contribution in [0.2, 0.25) is 0 Å². The standard InChI is InChI=1S/C13H14O3/c1-4-9-5-6-11-10(7-9)8(2)12(16-11)13(14)15-3/h5-7H,4H2,1-3H3. The number of hydrogen-bond acceptors (Lipinski definition) is 3. The van der Waals surface area contributed by atoms with Gasteiger partial charge in [-0.05, 0) is 31.0 Å². The van der Waals surface area contributed by atoms with Crippen LogP contribution in [0.25, 0.3) is 11.0 Å². The summed E-state index contributed by atoms with van der Waals surface area (Å²) in [5, 5.41) is 0.986. The maximum atomic E-state index is 11.4. The fraction of sp³-hybridized carbons (Fsp3) is 0.308. The molecule has 0 aliphatic heterocycles. The first-order valence-corrected chi connectivity index (χ1v) is 5.27. The van der Waals surface area contributed by atoms with Gasteiger partial charge in [0.2, 0.25) is 5.76 Å². The molecule has 0 fully saturated rings. The van der Waals surface area contributed by atoms with E-state index in [1.54, 1.807) is 0 Å². The van der Waals surface area contributed by atoms with Crippen molar-refractivity contribution in [1.82, 2.24) is 0 Å². The van der Waals surface area contributed by atoms with E-state index in [1.807, 2.05) is 19.1 Å². The Kier molecular flexibility index (Phi) is 2.69. The summed E-state index contributed by atoms with van der Waals surface area (Å²) in [5.74, 6) is -0.127. The number of methoxy groups -OCH3 is 1. The highest BCUT2D eigenvalue weighted by Crippen LogP contribution is 2.26. The van der Waals surface area contributed by atoms with Gasteiger partial charge in [0.1, 0.15) is 5.58 Å². The van der Waals surface area contributed by atoms with E-state index in [0.29, 0.717) is 5.76 Å². The van der Waals surface area contributed by atoms with Crippen molar-refractivity contribution in [3.05, 3.63) is 35.1 Å². The normalized spacial score (nSPS) is 10.7. The molecular formula is C13H14O3. The highest BCUT2D eigenvalue weighted by molar-refractivity contribution is 5.96. The summed E-state index contributed by atoms with van der Waals surface area (Å²) in [5.41, 5.74) is 2.81. The molecule has 0 aliphatic carbocycles. The van der Waals surface area contributed by atoms with Gasteiger partial charge >= 0.3 is 5.97 Å². The Bertz CT molecular complexity index is 537. The third-order valence-electron chi connectivity index (χ3n) is 2.78. The number of benzene rings is 1. The SMILES string of the molecule is CCc1ccc2oc(C(=O)OC)c(C)c2c1. The van der Waals surface area contributed by atoms with E-state index < -0.39 is 5.97 Å². The maximum absolute atomic E-state index is 11.4. The molecule has 2 aromatic rings. The van der Waals surface area contributed by atoms with Crippen LogP contribution in [0.1, 0.15) is 28.6 Å². The molecule has 0 N–H and O–H groups in total. The maximum Gasteiger partial charge on any atom is 0.374 e. The van der Waals surface area contributed by atoms with Gasteiger partial charge in [0.15, 0.2) is 0 Å². The zero-order valence-corrected chi connectivity index (χ0v) is 9.66. The first kappa shape index (κ1) is 10.7. The average molecular weight is 218 g/mol. The lowest BCUT2D eigenvalue weighted by Gasteiger charge is -1.95. The molecule has 1 aromatic carbocycles. The first-order chi connectivity index (χ1) is 7.67. The van der Waals surface area contributed by atoms with Crippen molar-refractivity contribution in [3.8, 4) is 0 Å². The smallest absolute Gasteiger partial charge is 0.374 e. The average Bonchev–Trinajstić information content (AvgIpc) is 2.65. The van der Waals surface area contributed by atoms with Gasteiger partial charge in [-0.3, -0.25) is 0 Å². The number of ether oxygens (including phenoxy) is 1. The number of aryl methyl sites for hydroxylation is 2. The van der Waals surface area contributed by atoms with Crippen molar-refractivity contribution in [2.24, 2.45) is 0 Å². The minimum absolute atomic E-state index is 0.297. The lowest BCUT2D eigenvalue weighted by atomic mass is 10.1. The molecule has 0 bridgehead atoms. The lowest BCUT2D eigenvalue weighted by Crippen LogP contribution is -2.00. The number of furan rings is 1. The van der Waals surface area contributed by atoms with Crippen molar-refractivity contribution >= 4 is 16.9 Å². The Morgan fingerprint density at radius 1 is 1.44 bits per heavy atom. The molecule has 0 aliphatic rings. The van der Waals surface area contributed by atoms with Gasteiger partial charge in [-0.15, -0.1) is 0 Å². The molecule has 1 heterocycles. The van der Waals surface area contributed by atoms with Crippen molar-refractivity contribution in [1.29, 1.82) is 0 Å². The molecular weight excluding hydrogens is 204 g/mol. The quantitative estimate of drug-likeness (QED) is 0.727. The summed E-state index contributed by atoms with van der Waals surface area (Å²) in [6.07, 6.45) is 0.966. The second-order valence-corrected chi connectivity index (χ2v) is 3.73. The molecule has 0 amide bonds. The molecule has 0 saturated carbocycles.